The van der Waals surface area contributed by atoms with Crippen LogP contribution >= 0.6 is 58.8 Å². The molecule has 1 aromatic heterocycles. The minimum atomic E-state index is 0. The molecule has 1 heterocycles. The third-order valence-electron chi connectivity index (χ3n) is 3.13. The summed E-state index contributed by atoms with van der Waals surface area (Å²) in [6, 6.07) is 3.19. The van der Waals surface area contributed by atoms with E-state index in [1.165, 1.54) is 0 Å². The summed E-state index contributed by atoms with van der Waals surface area (Å²) in [5, 5.41) is 11.7. The predicted octanol–water partition coefficient (Wildman–Crippen LogP) is 4.13. The second-order valence-corrected chi connectivity index (χ2v) is 6.44. The van der Waals surface area contributed by atoms with Gasteiger partial charge in [-0.3, -0.25) is 4.68 Å². The molecule has 2 aromatic rings. The number of nitrogens with zero attached hydrogens (tertiary/aromatic N) is 3. The van der Waals surface area contributed by atoms with Gasteiger partial charge >= 0.3 is 0 Å². The molecular formula is C16H21Cl3IN5O. The van der Waals surface area contributed by atoms with E-state index in [0.717, 1.165) is 12.1 Å². The molecule has 2 N–H and O–H groups in total. The molecule has 10 heteroatoms. The number of aromatic nitrogens is 2. The average molecular weight is 533 g/mol. The smallest absolute Gasteiger partial charge is 0.191 e. The Kier molecular flexibility index (Phi) is 10.4. The summed E-state index contributed by atoms with van der Waals surface area (Å²) < 4.78 is 7.38. The van der Waals surface area contributed by atoms with E-state index in [-0.39, 0.29) is 24.0 Å². The molecule has 0 aliphatic rings. The van der Waals surface area contributed by atoms with Gasteiger partial charge in [0.15, 0.2) is 11.7 Å². The number of benzene rings is 1. The zero-order valence-corrected chi connectivity index (χ0v) is 19.0. The van der Waals surface area contributed by atoms with Crippen LogP contribution in [0.4, 0.5) is 0 Å². The number of aryl methyl sites for hydroxylation is 1. The Bertz CT molecular complexity index is 715. The highest BCUT2D eigenvalue weighted by Gasteiger charge is 2.09. The van der Waals surface area contributed by atoms with Gasteiger partial charge in [0.25, 0.3) is 0 Å². The highest BCUT2D eigenvalue weighted by molar-refractivity contribution is 14.0. The van der Waals surface area contributed by atoms with Gasteiger partial charge in [0, 0.05) is 30.4 Å². The molecule has 0 radical (unpaired) electrons. The second-order valence-electron chi connectivity index (χ2n) is 5.19. The number of rotatable bonds is 7. The highest BCUT2D eigenvalue weighted by atomic mass is 127. The molecule has 0 spiro atoms. The number of ether oxygens (including phenoxy) is 1. The molecule has 26 heavy (non-hydrogen) atoms. The molecule has 0 bridgehead atoms. The largest absolute Gasteiger partial charge is 0.489 e. The van der Waals surface area contributed by atoms with Gasteiger partial charge in [0.1, 0.15) is 6.61 Å². The van der Waals surface area contributed by atoms with Crippen LogP contribution in [0.25, 0.3) is 0 Å². The van der Waals surface area contributed by atoms with Gasteiger partial charge < -0.3 is 15.4 Å². The van der Waals surface area contributed by atoms with E-state index in [2.05, 4.69) is 20.7 Å². The monoisotopic (exact) mass is 531 g/mol. The molecule has 0 amide bonds. The van der Waals surface area contributed by atoms with Crippen molar-refractivity contribution in [1.82, 2.24) is 20.4 Å². The molecule has 0 aliphatic carbocycles. The molecule has 1 aromatic carbocycles. The molecule has 144 valence electrons. The Hall–Kier alpha value is -0.900. The number of hydrogen-bond donors (Lipinski definition) is 2. The maximum absolute atomic E-state index is 6.09. The van der Waals surface area contributed by atoms with E-state index >= 15 is 0 Å². The zero-order valence-electron chi connectivity index (χ0n) is 14.4. The number of nitrogens with one attached hydrogen (secondary N) is 2. The first-order valence-electron chi connectivity index (χ1n) is 7.76. The maximum atomic E-state index is 6.09. The average Bonchev–Trinajstić information content (AvgIpc) is 2.96. The van der Waals surface area contributed by atoms with Crippen molar-refractivity contribution >= 4 is 64.7 Å². The standard InChI is InChI=1S/C16H20Cl3N5O.HI/c1-3-20-16(22-8-11-9-23-24(2)10-11)21-4-5-25-15-13(18)6-12(17)7-14(15)19;/h6-7,9-10H,3-5,8H2,1-2H3,(H2,20,21,22);1H. The summed E-state index contributed by atoms with van der Waals surface area (Å²) in [5.74, 6) is 1.12. The minimum absolute atomic E-state index is 0. The molecule has 0 fully saturated rings. The van der Waals surface area contributed by atoms with Gasteiger partial charge in [-0.25, -0.2) is 4.99 Å². The normalized spacial score (nSPS) is 11.0. The first-order chi connectivity index (χ1) is 12.0. The fraction of sp³-hybridized carbons (Fsp3) is 0.375. The topological polar surface area (TPSA) is 63.5 Å². The SMILES string of the molecule is CCNC(=NCc1cnn(C)c1)NCCOc1c(Cl)cc(Cl)cc1Cl.I. The quantitative estimate of drug-likeness (QED) is 0.244. The summed E-state index contributed by atoms with van der Waals surface area (Å²) >= 11 is 18.1. The van der Waals surface area contributed by atoms with Gasteiger partial charge in [-0.05, 0) is 19.1 Å². The molecule has 0 saturated heterocycles. The van der Waals surface area contributed by atoms with Crippen LogP contribution in [0, 0.1) is 0 Å². The van der Waals surface area contributed by atoms with Gasteiger partial charge in [-0.15, -0.1) is 24.0 Å². The fourth-order valence-corrected chi connectivity index (χ4v) is 2.98. The fourth-order valence-electron chi connectivity index (χ4n) is 2.05. The van der Waals surface area contributed by atoms with Gasteiger partial charge in [0.05, 0.1) is 29.3 Å². The van der Waals surface area contributed by atoms with E-state index in [0.29, 0.717) is 46.5 Å². The van der Waals surface area contributed by atoms with Crippen LogP contribution in [0.3, 0.4) is 0 Å². The minimum Gasteiger partial charge on any atom is -0.489 e. The molecule has 2 rings (SSSR count). The van der Waals surface area contributed by atoms with E-state index in [4.69, 9.17) is 39.5 Å². The lowest BCUT2D eigenvalue weighted by molar-refractivity contribution is 0.322. The van der Waals surface area contributed by atoms with Crippen LogP contribution in [0.1, 0.15) is 12.5 Å². The summed E-state index contributed by atoms with van der Waals surface area (Å²) in [6.07, 6.45) is 3.72. The van der Waals surface area contributed by atoms with Crippen LogP contribution in [-0.2, 0) is 13.6 Å². The third kappa shape index (κ3) is 7.38. The van der Waals surface area contributed by atoms with Gasteiger partial charge in [-0.1, -0.05) is 34.8 Å². The Morgan fingerprint density at radius 2 is 1.92 bits per heavy atom. The lowest BCUT2D eigenvalue weighted by atomic mass is 10.3. The van der Waals surface area contributed by atoms with E-state index < -0.39 is 0 Å². The molecule has 6 nitrogen and oxygen atoms in total. The van der Waals surface area contributed by atoms with Crippen LogP contribution in [0.15, 0.2) is 29.5 Å². The molecular weight excluding hydrogens is 511 g/mol. The molecule has 0 unspecified atom stereocenters. The summed E-state index contributed by atoms with van der Waals surface area (Å²) in [6.45, 7) is 4.21. The Morgan fingerprint density at radius 1 is 1.23 bits per heavy atom. The highest BCUT2D eigenvalue weighted by Crippen LogP contribution is 2.35. The van der Waals surface area contributed by atoms with Crippen LogP contribution in [0.2, 0.25) is 15.1 Å². The van der Waals surface area contributed by atoms with E-state index in [9.17, 15) is 0 Å². The Morgan fingerprint density at radius 3 is 2.50 bits per heavy atom. The van der Waals surface area contributed by atoms with Crippen LogP contribution in [0.5, 0.6) is 5.75 Å². The zero-order chi connectivity index (χ0) is 18.2. The van der Waals surface area contributed by atoms with Crippen molar-refractivity contribution in [2.24, 2.45) is 12.0 Å². The van der Waals surface area contributed by atoms with E-state index in [1.54, 1.807) is 23.0 Å². The van der Waals surface area contributed by atoms with Crippen molar-refractivity contribution < 1.29 is 4.74 Å². The number of hydrogen-bond acceptors (Lipinski definition) is 3. The molecule has 0 atom stereocenters. The summed E-state index contributed by atoms with van der Waals surface area (Å²) in [7, 11) is 1.88. The number of guanidine groups is 1. The molecule has 0 saturated carbocycles. The van der Waals surface area contributed by atoms with Crippen LogP contribution in [-0.4, -0.2) is 35.4 Å². The van der Waals surface area contributed by atoms with Crippen LogP contribution < -0.4 is 15.4 Å². The Labute approximate surface area is 185 Å². The molecule has 0 aliphatic heterocycles. The van der Waals surface area contributed by atoms with Gasteiger partial charge in [-0.2, -0.15) is 5.10 Å². The summed E-state index contributed by atoms with van der Waals surface area (Å²) in [5.41, 5.74) is 1.04. The van der Waals surface area contributed by atoms with Crippen molar-refractivity contribution in [3.63, 3.8) is 0 Å². The summed E-state index contributed by atoms with van der Waals surface area (Å²) in [4.78, 5) is 4.50. The lowest BCUT2D eigenvalue weighted by Gasteiger charge is -2.13. The maximum Gasteiger partial charge on any atom is 0.191 e. The Balaban J connectivity index is 0.00000338. The van der Waals surface area contributed by atoms with E-state index in [1.807, 2.05) is 20.2 Å². The van der Waals surface area contributed by atoms with Crippen molar-refractivity contribution in [1.29, 1.82) is 0 Å². The van der Waals surface area contributed by atoms with Crippen molar-refractivity contribution in [3.05, 3.63) is 45.2 Å². The lowest BCUT2D eigenvalue weighted by Crippen LogP contribution is -2.39. The van der Waals surface area contributed by atoms with Crippen molar-refractivity contribution in [2.75, 3.05) is 19.7 Å². The first kappa shape index (κ1) is 23.1. The first-order valence-corrected chi connectivity index (χ1v) is 8.90. The van der Waals surface area contributed by atoms with Gasteiger partial charge in [0.2, 0.25) is 0 Å². The second kappa shape index (κ2) is 11.7. The number of aliphatic imine (C=N–C) groups is 1. The van der Waals surface area contributed by atoms with Crippen molar-refractivity contribution in [3.8, 4) is 5.75 Å². The number of halogens is 4. The van der Waals surface area contributed by atoms with Crippen molar-refractivity contribution in [2.45, 2.75) is 13.5 Å². The predicted molar refractivity (Wildman–Crippen MR) is 118 cm³/mol. The third-order valence-corrected chi connectivity index (χ3v) is 3.91.